The Morgan fingerprint density at radius 2 is 2.04 bits per heavy atom. The van der Waals surface area contributed by atoms with Gasteiger partial charge >= 0.3 is 0 Å². The lowest BCUT2D eigenvalue weighted by atomic mass is 10.1. The third kappa shape index (κ3) is 3.12. The van der Waals surface area contributed by atoms with E-state index in [0.29, 0.717) is 10.8 Å². The molecule has 4 nitrogen and oxygen atoms in total. The van der Waals surface area contributed by atoms with Crippen LogP contribution in [0.25, 0.3) is 33.2 Å². The summed E-state index contributed by atoms with van der Waals surface area (Å²) in [5, 5.41) is 1.19. The highest BCUT2D eigenvalue weighted by Crippen LogP contribution is 2.34. The fourth-order valence-electron chi connectivity index (χ4n) is 2.44. The van der Waals surface area contributed by atoms with Crippen molar-refractivity contribution in [1.29, 1.82) is 0 Å². The minimum atomic E-state index is 0.103. The van der Waals surface area contributed by atoms with Crippen LogP contribution in [0.1, 0.15) is 20.3 Å². The summed E-state index contributed by atoms with van der Waals surface area (Å²) < 4.78 is 14.5. The van der Waals surface area contributed by atoms with Gasteiger partial charge in [0.05, 0.1) is 17.4 Å². The van der Waals surface area contributed by atoms with E-state index in [1.54, 1.807) is 18.6 Å². The Labute approximate surface area is 148 Å². The third-order valence-electron chi connectivity index (χ3n) is 3.39. The lowest BCUT2D eigenvalue weighted by Gasteiger charge is -1.99. The number of H-pyrrole nitrogens is 1. The maximum atomic E-state index is 13.1. The van der Waals surface area contributed by atoms with Crippen LogP contribution < -0.4 is 0 Å². The molecule has 0 unspecified atom stereocenters. The molecule has 0 radical (unpaired) electrons. The number of benzene rings is 1. The molecule has 0 atom stereocenters. The highest BCUT2D eigenvalue weighted by Gasteiger charge is 2.13. The van der Waals surface area contributed by atoms with Gasteiger partial charge in [0.1, 0.15) is 5.15 Å². The van der Waals surface area contributed by atoms with Crippen molar-refractivity contribution in [3.05, 3.63) is 48.0 Å². The average molecular weight is 363 g/mol. The second-order valence-corrected chi connectivity index (χ2v) is 6.20. The Morgan fingerprint density at radius 1 is 1.25 bits per heavy atom. The van der Waals surface area contributed by atoms with Crippen molar-refractivity contribution < 1.29 is 3.89 Å². The summed E-state index contributed by atoms with van der Waals surface area (Å²) in [7, 11) is 0. The lowest BCUT2D eigenvalue weighted by Crippen LogP contribution is -1.83. The first-order valence-electron chi connectivity index (χ1n) is 7.58. The van der Waals surface area contributed by atoms with Crippen LogP contribution in [0.3, 0.4) is 0 Å². The quantitative estimate of drug-likeness (QED) is 0.443. The zero-order valence-electron chi connectivity index (χ0n) is 13.3. The number of rotatable bonds is 2. The summed E-state index contributed by atoms with van der Waals surface area (Å²) in [5.41, 5.74) is 4.20. The van der Waals surface area contributed by atoms with Crippen molar-refractivity contribution in [2.24, 2.45) is 0 Å². The van der Waals surface area contributed by atoms with Gasteiger partial charge in [0.15, 0.2) is 18.0 Å². The number of nitrogens with zero attached hydrogens (tertiary/aromatic N) is 3. The molecule has 4 rings (SSSR count). The first-order valence-corrected chi connectivity index (χ1v) is 8.63. The summed E-state index contributed by atoms with van der Waals surface area (Å²) in [5.74, 6) is 0. The third-order valence-corrected chi connectivity index (χ3v) is 4.03. The minimum Gasteiger partial charge on any atom is -0.345 e. The number of aromatic amines is 1. The Bertz CT molecular complexity index is 979. The molecule has 0 aliphatic carbocycles. The molecule has 1 N–H and O–H groups in total. The minimum absolute atomic E-state index is 0.103. The van der Waals surface area contributed by atoms with E-state index < -0.39 is 0 Å². The molecule has 0 fully saturated rings. The Balaban J connectivity index is 0.000000526. The standard InChI is InChI=1S/C14H8ClFN4S.C3H8/c15-13-4-2-9-10(6-20(21-16)14(9)19-13)8-1-3-11-12(5-8)18-7-17-11;1-3-2/h1-7H,(H,17,18);3H2,1-2H3. The van der Waals surface area contributed by atoms with Gasteiger partial charge in [-0.15, -0.1) is 3.89 Å². The molecule has 0 amide bonds. The fourth-order valence-corrected chi connectivity index (χ4v) is 2.93. The normalized spacial score (nSPS) is 10.8. The van der Waals surface area contributed by atoms with E-state index in [4.69, 9.17) is 11.6 Å². The number of pyridine rings is 1. The van der Waals surface area contributed by atoms with Crippen LogP contribution in [0.5, 0.6) is 0 Å². The first-order chi connectivity index (χ1) is 11.7. The van der Waals surface area contributed by atoms with Gasteiger partial charge in [0.25, 0.3) is 0 Å². The van der Waals surface area contributed by atoms with Gasteiger partial charge in [-0.3, -0.25) is 0 Å². The summed E-state index contributed by atoms with van der Waals surface area (Å²) in [6.07, 6.45) is 4.62. The lowest BCUT2D eigenvalue weighted by molar-refractivity contribution is 0.919. The van der Waals surface area contributed by atoms with Gasteiger partial charge in [-0.1, -0.05) is 37.9 Å². The molecule has 1 aromatic carbocycles. The smallest absolute Gasteiger partial charge is 0.171 e. The zero-order valence-corrected chi connectivity index (χ0v) is 14.8. The molecule has 24 heavy (non-hydrogen) atoms. The molecule has 3 aromatic heterocycles. The van der Waals surface area contributed by atoms with Crippen LogP contribution >= 0.6 is 23.9 Å². The fraction of sp³-hybridized carbons (Fsp3) is 0.176. The molecule has 0 bridgehead atoms. The van der Waals surface area contributed by atoms with Crippen LogP contribution in [0.15, 0.2) is 42.9 Å². The van der Waals surface area contributed by atoms with Crippen molar-refractivity contribution >= 4 is 46.0 Å². The van der Waals surface area contributed by atoms with Crippen molar-refractivity contribution in [1.82, 2.24) is 18.9 Å². The van der Waals surface area contributed by atoms with Gasteiger partial charge in [0.2, 0.25) is 0 Å². The van der Waals surface area contributed by atoms with Crippen LogP contribution in [-0.2, 0) is 0 Å². The van der Waals surface area contributed by atoms with Crippen molar-refractivity contribution in [2.45, 2.75) is 20.3 Å². The zero-order chi connectivity index (χ0) is 17.1. The average Bonchev–Trinajstić information content (AvgIpc) is 3.18. The van der Waals surface area contributed by atoms with E-state index in [9.17, 15) is 3.89 Å². The SMILES string of the molecule is CCC.FSn1cc(-c2ccc3nc[nH]c3c2)c2ccc(Cl)nc21. The van der Waals surface area contributed by atoms with Crippen LogP contribution in [0, 0.1) is 0 Å². The molecule has 3 heterocycles. The number of imidazole rings is 1. The number of hydrogen-bond donors (Lipinski definition) is 1. The summed E-state index contributed by atoms with van der Waals surface area (Å²) >= 11 is 6.00. The van der Waals surface area contributed by atoms with Gasteiger partial charge in [-0.25, -0.2) is 13.9 Å². The Hall–Kier alpha value is -2.05. The van der Waals surface area contributed by atoms with Gasteiger partial charge in [-0.05, 0) is 29.8 Å². The number of fused-ring (bicyclic) bond motifs is 2. The monoisotopic (exact) mass is 362 g/mol. The van der Waals surface area contributed by atoms with Gasteiger partial charge in [0, 0.05) is 17.1 Å². The highest BCUT2D eigenvalue weighted by molar-refractivity contribution is 7.92. The maximum absolute atomic E-state index is 13.1. The molecule has 7 heteroatoms. The Morgan fingerprint density at radius 3 is 2.79 bits per heavy atom. The van der Waals surface area contributed by atoms with Crippen LogP contribution in [-0.4, -0.2) is 18.9 Å². The molecular formula is C17H16ClFN4S. The van der Waals surface area contributed by atoms with Gasteiger partial charge < -0.3 is 4.98 Å². The van der Waals surface area contributed by atoms with E-state index in [1.165, 1.54) is 10.4 Å². The number of hydrogen-bond acceptors (Lipinski definition) is 3. The second-order valence-electron chi connectivity index (χ2n) is 5.28. The molecule has 4 aromatic rings. The summed E-state index contributed by atoms with van der Waals surface area (Å²) in [6, 6.07) is 9.42. The molecule has 0 saturated carbocycles. The van der Waals surface area contributed by atoms with E-state index >= 15 is 0 Å². The first kappa shape index (κ1) is 16.8. The van der Waals surface area contributed by atoms with Crippen LogP contribution in [0.4, 0.5) is 3.89 Å². The van der Waals surface area contributed by atoms with E-state index in [-0.39, 0.29) is 12.3 Å². The van der Waals surface area contributed by atoms with Gasteiger partial charge in [-0.2, -0.15) is 0 Å². The topological polar surface area (TPSA) is 46.5 Å². The molecular weight excluding hydrogens is 347 g/mol. The van der Waals surface area contributed by atoms with E-state index in [1.807, 2.05) is 24.3 Å². The van der Waals surface area contributed by atoms with E-state index in [0.717, 1.165) is 27.5 Å². The van der Waals surface area contributed by atoms with E-state index in [2.05, 4.69) is 28.8 Å². The molecule has 0 spiro atoms. The highest BCUT2D eigenvalue weighted by atomic mass is 35.5. The second kappa shape index (κ2) is 7.23. The van der Waals surface area contributed by atoms with Crippen molar-refractivity contribution in [3.63, 3.8) is 0 Å². The van der Waals surface area contributed by atoms with Crippen molar-refractivity contribution in [3.8, 4) is 11.1 Å². The number of halogens is 2. The maximum Gasteiger partial charge on any atom is 0.171 e. The summed E-state index contributed by atoms with van der Waals surface area (Å²) in [6.45, 7) is 4.25. The molecule has 0 aliphatic heterocycles. The predicted octanol–water partition coefficient (Wildman–Crippen LogP) is 6.03. The summed E-state index contributed by atoms with van der Waals surface area (Å²) in [4.78, 5) is 11.5. The number of aromatic nitrogens is 4. The predicted molar refractivity (Wildman–Crippen MR) is 99.9 cm³/mol. The molecule has 124 valence electrons. The number of nitrogens with one attached hydrogen (secondary N) is 1. The molecule has 0 aliphatic rings. The van der Waals surface area contributed by atoms with Crippen LogP contribution in [0.2, 0.25) is 5.15 Å². The van der Waals surface area contributed by atoms with Crippen molar-refractivity contribution in [2.75, 3.05) is 0 Å². The molecule has 0 saturated heterocycles. The Kier molecular flexibility index (Phi) is 5.06. The largest absolute Gasteiger partial charge is 0.345 e.